The van der Waals surface area contributed by atoms with E-state index in [1.165, 1.54) is 0 Å². The van der Waals surface area contributed by atoms with Gasteiger partial charge in [-0.05, 0) is 13.0 Å². The van der Waals surface area contributed by atoms with Crippen molar-refractivity contribution in [3.63, 3.8) is 0 Å². The Morgan fingerprint density at radius 2 is 2.40 bits per heavy atom. The molecular weight excluding hydrogens is 130 g/mol. The maximum Gasteiger partial charge on any atom is 0.219 e. The highest BCUT2D eigenvalue weighted by atomic mass is 16.3. The molecule has 0 rings (SSSR count). The average Bonchev–Trinajstić information content (AvgIpc) is 1.99. The van der Waals surface area contributed by atoms with Gasteiger partial charge in [0.25, 0.3) is 0 Å². The van der Waals surface area contributed by atoms with Crippen molar-refractivity contribution in [1.82, 2.24) is 5.32 Å². The first-order valence-electron chi connectivity index (χ1n) is 3.57. The standard InChI is InChI=1S/C7H14NO2/c1-2-3-4-8-7(5-9)6-10/h7-9H,2-5H2,1H3/t7-/m1/s1. The third kappa shape index (κ3) is 4.47. The largest absolute Gasteiger partial charge is 0.394 e. The van der Waals surface area contributed by atoms with E-state index in [0.29, 0.717) is 0 Å². The summed E-state index contributed by atoms with van der Waals surface area (Å²) in [6, 6.07) is -0.494. The minimum Gasteiger partial charge on any atom is -0.394 e. The van der Waals surface area contributed by atoms with Crippen LogP contribution < -0.4 is 5.32 Å². The predicted molar refractivity (Wildman–Crippen MR) is 39.5 cm³/mol. The molecule has 0 unspecified atom stereocenters. The zero-order chi connectivity index (χ0) is 7.82. The highest BCUT2D eigenvalue weighted by Gasteiger charge is 2.02. The highest BCUT2D eigenvalue weighted by Crippen LogP contribution is 1.83. The number of aliphatic hydroxyl groups is 1. The van der Waals surface area contributed by atoms with Gasteiger partial charge in [0.05, 0.1) is 12.6 Å². The highest BCUT2D eigenvalue weighted by molar-refractivity contribution is 5.58. The van der Waals surface area contributed by atoms with Gasteiger partial charge in [-0.3, -0.25) is 4.79 Å². The molecule has 0 saturated carbocycles. The molecule has 0 aliphatic carbocycles. The molecule has 0 saturated heterocycles. The van der Waals surface area contributed by atoms with Crippen molar-refractivity contribution in [2.75, 3.05) is 13.2 Å². The van der Waals surface area contributed by atoms with E-state index in [0.717, 1.165) is 19.4 Å². The van der Waals surface area contributed by atoms with Gasteiger partial charge < -0.3 is 10.4 Å². The Bertz CT molecular complexity index is 85.7. The molecule has 0 spiro atoms. The van der Waals surface area contributed by atoms with E-state index in [9.17, 15) is 4.79 Å². The van der Waals surface area contributed by atoms with Crippen LogP contribution in [-0.2, 0) is 4.79 Å². The number of carbonyl (C=O) groups excluding carboxylic acids is 1. The van der Waals surface area contributed by atoms with Gasteiger partial charge in [0.1, 0.15) is 0 Å². The van der Waals surface area contributed by atoms with E-state index in [-0.39, 0.29) is 6.61 Å². The summed E-state index contributed by atoms with van der Waals surface area (Å²) in [6.07, 6.45) is 3.81. The molecule has 0 aliphatic heterocycles. The van der Waals surface area contributed by atoms with Gasteiger partial charge in [0, 0.05) is 0 Å². The third-order valence-corrected chi connectivity index (χ3v) is 1.25. The van der Waals surface area contributed by atoms with Crippen molar-refractivity contribution in [2.24, 2.45) is 0 Å². The van der Waals surface area contributed by atoms with E-state index in [4.69, 9.17) is 5.11 Å². The molecule has 0 aromatic carbocycles. The summed E-state index contributed by atoms with van der Waals surface area (Å²) in [5.41, 5.74) is 0. The smallest absolute Gasteiger partial charge is 0.219 e. The van der Waals surface area contributed by atoms with Gasteiger partial charge >= 0.3 is 0 Å². The monoisotopic (exact) mass is 144 g/mol. The summed E-state index contributed by atoms with van der Waals surface area (Å²) in [7, 11) is 0. The van der Waals surface area contributed by atoms with Crippen molar-refractivity contribution >= 4 is 6.29 Å². The Labute approximate surface area is 61.4 Å². The second-order valence-corrected chi connectivity index (χ2v) is 2.16. The lowest BCUT2D eigenvalue weighted by Crippen LogP contribution is -2.34. The lowest BCUT2D eigenvalue weighted by Gasteiger charge is -2.06. The molecule has 0 fully saturated rings. The molecule has 10 heavy (non-hydrogen) atoms. The van der Waals surface area contributed by atoms with Gasteiger partial charge in [0.15, 0.2) is 0 Å². The van der Waals surface area contributed by atoms with Crippen molar-refractivity contribution in [2.45, 2.75) is 25.8 Å². The maximum absolute atomic E-state index is 9.98. The topological polar surface area (TPSA) is 49.3 Å². The summed E-state index contributed by atoms with van der Waals surface area (Å²) in [4.78, 5) is 9.98. The summed E-state index contributed by atoms with van der Waals surface area (Å²) in [5, 5.41) is 11.3. The Balaban J connectivity index is 3.17. The molecule has 1 radical (unpaired) electrons. The first-order chi connectivity index (χ1) is 4.85. The van der Waals surface area contributed by atoms with Crippen LogP contribution in [0.1, 0.15) is 19.8 Å². The first-order valence-corrected chi connectivity index (χ1v) is 3.57. The molecule has 0 aromatic heterocycles. The summed E-state index contributed by atoms with van der Waals surface area (Å²) in [6.45, 7) is 2.68. The van der Waals surface area contributed by atoms with Crippen LogP contribution in [0.4, 0.5) is 0 Å². The quantitative estimate of drug-likeness (QED) is 0.509. The fraction of sp³-hybridized carbons (Fsp3) is 0.857. The molecule has 0 bridgehead atoms. The fourth-order valence-electron chi connectivity index (χ4n) is 0.597. The second kappa shape index (κ2) is 6.71. The second-order valence-electron chi connectivity index (χ2n) is 2.16. The Morgan fingerprint density at radius 3 is 2.80 bits per heavy atom. The lowest BCUT2D eigenvalue weighted by molar-refractivity contribution is 0.268. The zero-order valence-corrected chi connectivity index (χ0v) is 6.26. The Kier molecular flexibility index (Phi) is 6.43. The molecule has 0 aliphatic rings. The van der Waals surface area contributed by atoms with Gasteiger partial charge in [0.2, 0.25) is 6.29 Å². The van der Waals surface area contributed by atoms with Gasteiger partial charge in [-0.1, -0.05) is 13.3 Å². The minimum absolute atomic E-state index is 0.160. The fourth-order valence-corrected chi connectivity index (χ4v) is 0.597. The molecule has 0 amide bonds. The number of hydrogen-bond acceptors (Lipinski definition) is 3. The number of unbranched alkanes of at least 4 members (excludes halogenated alkanes) is 1. The molecule has 3 nitrogen and oxygen atoms in total. The van der Waals surface area contributed by atoms with Crippen LogP contribution in [0.25, 0.3) is 0 Å². The van der Waals surface area contributed by atoms with Crippen molar-refractivity contribution in [1.29, 1.82) is 0 Å². The number of nitrogens with one attached hydrogen (secondary N) is 1. The van der Waals surface area contributed by atoms with Crippen molar-refractivity contribution < 1.29 is 9.90 Å². The average molecular weight is 144 g/mol. The first kappa shape index (κ1) is 9.59. The van der Waals surface area contributed by atoms with Crippen molar-refractivity contribution in [3.05, 3.63) is 0 Å². The zero-order valence-electron chi connectivity index (χ0n) is 6.26. The van der Waals surface area contributed by atoms with E-state index in [1.807, 2.05) is 0 Å². The summed E-state index contributed by atoms with van der Waals surface area (Å²) >= 11 is 0. The minimum atomic E-state index is -0.494. The Morgan fingerprint density at radius 1 is 1.70 bits per heavy atom. The molecule has 0 heterocycles. The van der Waals surface area contributed by atoms with Crippen LogP contribution in [0.15, 0.2) is 0 Å². The molecule has 59 valence electrons. The molecule has 2 N–H and O–H groups in total. The molecule has 0 aromatic rings. The van der Waals surface area contributed by atoms with Gasteiger partial charge in [-0.25, -0.2) is 0 Å². The maximum atomic E-state index is 9.98. The van der Waals surface area contributed by atoms with E-state index in [1.54, 1.807) is 6.29 Å². The van der Waals surface area contributed by atoms with E-state index < -0.39 is 6.04 Å². The number of rotatable bonds is 6. The summed E-state index contributed by atoms with van der Waals surface area (Å²) in [5.74, 6) is 0. The molecule has 3 heteroatoms. The third-order valence-electron chi connectivity index (χ3n) is 1.25. The van der Waals surface area contributed by atoms with Crippen molar-refractivity contribution in [3.8, 4) is 0 Å². The van der Waals surface area contributed by atoms with E-state index in [2.05, 4.69) is 12.2 Å². The lowest BCUT2D eigenvalue weighted by atomic mass is 10.3. The SMILES string of the molecule is CCCCN[C@@H]([C]=O)CO. The predicted octanol–water partition coefficient (Wildman–Crippen LogP) is -0.153. The normalized spacial score (nSPS) is 13.0. The van der Waals surface area contributed by atoms with E-state index >= 15 is 0 Å². The molecular formula is C7H14NO2. The van der Waals surface area contributed by atoms with Crippen LogP contribution in [0.5, 0.6) is 0 Å². The number of hydrogen-bond donors (Lipinski definition) is 2. The van der Waals surface area contributed by atoms with Crippen LogP contribution in [-0.4, -0.2) is 30.6 Å². The van der Waals surface area contributed by atoms with Crippen LogP contribution in [0.2, 0.25) is 0 Å². The Hall–Kier alpha value is -0.410. The van der Waals surface area contributed by atoms with Crippen LogP contribution >= 0.6 is 0 Å². The van der Waals surface area contributed by atoms with Crippen LogP contribution in [0, 0.1) is 0 Å². The summed E-state index contributed by atoms with van der Waals surface area (Å²) < 4.78 is 0. The molecule has 1 atom stereocenters. The van der Waals surface area contributed by atoms with Gasteiger partial charge in [-0.15, -0.1) is 0 Å². The van der Waals surface area contributed by atoms with Gasteiger partial charge in [-0.2, -0.15) is 0 Å². The number of aliphatic hydroxyl groups excluding tert-OH is 1. The van der Waals surface area contributed by atoms with Crippen LogP contribution in [0.3, 0.4) is 0 Å².